The summed E-state index contributed by atoms with van der Waals surface area (Å²) in [5.41, 5.74) is 1.29. The maximum atomic E-state index is 11.7. The third-order valence-corrected chi connectivity index (χ3v) is 2.88. The molecule has 17 heavy (non-hydrogen) atoms. The summed E-state index contributed by atoms with van der Waals surface area (Å²) < 4.78 is 28.9. The van der Waals surface area contributed by atoms with Gasteiger partial charge in [0.1, 0.15) is 5.75 Å². The summed E-state index contributed by atoms with van der Waals surface area (Å²) in [4.78, 5) is 11.7. The van der Waals surface area contributed by atoms with Gasteiger partial charge in [0.25, 0.3) is 0 Å². The zero-order chi connectivity index (χ0) is 13.1. The average molecular weight is 257 g/mol. The number of methoxy groups -OCH3 is 1. The lowest BCUT2D eigenvalue weighted by atomic mass is 10.1. The molecular weight excluding hydrogens is 242 g/mol. The summed E-state index contributed by atoms with van der Waals surface area (Å²) in [5, 5.41) is 0. The number of benzene rings is 1. The van der Waals surface area contributed by atoms with Crippen LogP contribution in [-0.4, -0.2) is 34.1 Å². The van der Waals surface area contributed by atoms with Crippen LogP contribution in [0.3, 0.4) is 0 Å². The Bertz CT molecular complexity index is 522. The Morgan fingerprint density at radius 2 is 2.06 bits per heavy atom. The Morgan fingerprint density at radius 1 is 1.41 bits per heavy atom. The van der Waals surface area contributed by atoms with Gasteiger partial charge in [-0.2, -0.15) is 0 Å². The minimum absolute atomic E-state index is 0.232. The standard InChI is InChI=1S/C11H15NO4S/c1-8-6-9(4-5-11(8)16-2)10(13)7-12-17(3,14)15/h4-6,12H,7H2,1-3H3. The molecule has 0 aliphatic carbocycles. The molecule has 0 unspecified atom stereocenters. The Morgan fingerprint density at radius 3 is 2.53 bits per heavy atom. The maximum absolute atomic E-state index is 11.7. The van der Waals surface area contributed by atoms with Crippen LogP contribution in [0.4, 0.5) is 0 Å². The van der Waals surface area contributed by atoms with Crippen LogP contribution < -0.4 is 9.46 Å². The van der Waals surface area contributed by atoms with E-state index < -0.39 is 10.0 Å². The van der Waals surface area contributed by atoms with Crippen molar-refractivity contribution in [1.29, 1.82) is 0 Å². The lowest BCUT2D eigenvalue weighted by Crippen LogP contribution is -2.28. The molecule has 0 aromatic heterocycles. The van der Waals surface area contributed by atoms with Crippen LogP contribution in [0.15, 0.2) is 18.2 Å². The van der Waals surface area contributed by atoms with Crippen molar-refractivity contribution < 1.29 is 17.9 Å². The minimum atomic E-state index is -3.35. The minimum Gasteiger partial charge on any atom is -0.496 e. The van der Waals surface area contributed by atoms with Gasteiger partial charge in [-0.05, 0) is 30.7 Å². The maximum Gasteiger partial charge on any atom is 0.209 e. The highest BCUT2D eigenvalue weighted by atomic mass is 32.2. The summed E-state index contributed by atoms with van der Waals surface area (Å²) in [5.74, 6) is 0.416. The van der Waals surface area contributed by atoms with Crippen LogP contribution in [0.25, 0.3) is 0 Å². The van der Waals surface area contributed by atoms with E-state index in [1.165, 1.54) is 0 Å². The van der Waals surface area contributed by atoms with E-state index in [2.05, 4.69) is 4.72 Å². The number of Topliss-reactive ketones (excluding diaryl/α,β-unsaturated/α-hetero) is 1. The van der Waals surface area contributed by atoms with E-state index in [1.807, 2.05) is 6.92 Å². The van der Waals surface area contributed by atoms with E-state index in [1.54, 1.807) is 25.3 Å². The van der Waals surface area contributed by atoms with Crippen LogP contribution in [0, 0.1) is 6.92 Å². The normalized spacial score (nSPS) is 11.2. The first kappa shape index (κ1) is 13.7. The summed E-state index contributed by atoms with van der Waals surface area (Å²) in [6.07, 6.45) is 1.01. The molecule has 1 aromatic rings. The van der Waals surface area contributed by atoms with Crippen LogP contribution in [0.2, 0.25) is 0 Å². The molecular formula is C11H15NO4S. The second-order valence-corrected chi connectivity index (χ2v) is 5.53. The molecule has 0 amide bonds. The first-order chi connectivity index (χ1) is 7.83. The van der Waals surface area contributed by atoms with Gasteiger partial charge >= 0.3 is 0 Å². The molecule has 1 aromatic carbocycles. The monoisotopic (exact) mass is 257 g/mol. The smallest absolute Gasteiger partial charge is 0.209 e. The van der Waals surface area contributed by atoms with E-state index in [9.17, 15) is 13.2 Å². The zero-order valence-corrected chi connectivity index (χ0v) is 10.8. The van der Waals surface area contributed by atoms with Crippen LogP contribution in [0.1, 0.15) is 15.9 Å². The average Bonchev–Trinajstić information content (AvgIpc) is 2.24. The van der Waals surface area contributed by atoms with Gasteiger partial charge in [0, 0.05) is 5.56 Å². The topological polar surface area (TPSA) is 72.5 Å². The molecule has 1 rings (SSSR count). The Hall–Kier alpha value is -1.40. The van der Waals surface area contributed by atoms with Gasteiger partial charge in [-0.15, -0.1) is 0 Å². The van der Waals surface area contributed by atoms with Gasteiger partial charge in [-0.3, -0.25) is 4.79 Å². The lowest BCUT2D eigenvalue weighted by Gasteiger charge is -2.07. The van der Waals surface area contributed by atoms with E-state index in [-0.39, 0.29) is 12.3 Å². The van der Waals surface area contributed by atoms with Crippen molar-refractivity contribution in [2.45, 2.75) is 6.92 Å². The fraction of sp³-hybridized carbons (Fsp3) is 0.364. The Balaban J connectivity index is 2.80. The van der Waals surface area contributed by atoms with Crippen molar-refractivity contribution in [2.75, 3.05) is 19.9 Å². The molecule has 0 aliphatic rings. The lowest BCUT2D eigenvalue weighted by molar-refractivity contribution is 0.0997. The van der Waals surface area contributed by atoms with Crippen molar-refractivity contribution in [2.24, 2.45) is 0 Å². The van der Waals surface area contributed by atoms with Gasteiger partial charge in [-0.25, -0.2) is 13.1 Å². The van der Waals surface area contributed by atoms with Crippen molar-refractivity contribution >= 4 is 15.8 Å². The number of hydrogen-bond donors (Lipinski definition) is 1. The van der Waals surface area contributed by atoms with E-state index in [4.69, 9.17) is 4.74 Å². The van der Waals surface area contributed by atoms with Crippen molar-refractivity contribution in [3.05, 3.63) is 29.3 Å². The van der Waals surface area contributed by atoms with Gasteiger partial charge in [-0.1, -0.05) is 0 Å². The fourth-order valence-corrected chi connectivity index (χ4v) is 1.74. The summed E-state index contributed by atoms with van der Waals surface area (Å²) in [6.45, 7) is 1.59. The highest BCUT2D eigenvalue weighted by molar-refractivity contribution is 7.88. The molecule has 94 valence electrons. The third-order valence-electron chi connectivity index (χ3n) is 2.21. The summed E-state index contributed by atoms with van der Waals surface area (Å²) in [6, 6.07) is 4.96. The number of carbonyl (C=O) groups excluding carboxylic acids is 1. The SMILES string of the molecule is COc1ccc(C(=O)CNS(C)(=O)=O)cc1C. The van der Waals surface area contributed by atoms with Crippen LogP contribution in [0.5, 0.6) is 5.75 Å². The van der Waals surface area contributed by atoms with Crippen LogP contribution >= 0.6 is 0 Å². The molecule has 5 nitrogen and oxygen atoms in total. The van der Waals surface area contributed by atoms with Gasteiger partial charge in [0.15, 0.2) is 5.78 Å². The fourth-order valence-electron chi connectivity index (χ4n) is 1.35. The molecule has 0 radical (unpaired) electrons. The molecule has 0 saturated carbocycles. The molecule has 6 heteroatoms. The number of hydrogen-bond acceptors (Lipinski definition) is 4. The number of sulfonamides is 1. The molecule has 0 bridgehead atoms. The number of ether oxygens (including phenoxy) is 1. The van der Waals surface area contributed by atoms with Gasteiger partial charge < -0.3 is 4.74 Å². The first-order valence-corrected chi connectivity index (χ1v) is 6.85. The number of aryl methyl sites for hydroxylation is 1. The number of carbonyl (C=O) groups is 1. The molecule has 1 N–H and O–H groups in total. The number of rotatable bonds is 5. The van der Waals surface area contributed by atoms with Crippen molar-refractivity contribution in [1.82, 2.24) is 4.72 Å². The highest BCUT2D eigenvalue weighted by Gasteiger charge is 2.10. The predicted molar refractivity (Wildman–Crippen MR) is 64.9 cm³/mol. The van der Waals surface area contributed by atoms with Gasteiger partial charge in [0.2, 0.25) is 10.0 Å². The predicted octanol–water partition coefficient (Wildman–Crippen LogP) is 0.736. The molecule has 0 atom stereocenters. The molecule has 0 fully saturated rings. The van der Waals surface area contributed by atoms with Crippen molar-refractivity contribution in [3.8, 4) is 5.75 Å². The summed E-state index contributed by atoms with van der Waals surface area (Å²) >= 11 is 0. The first-order valence-electron chi connectivity index (χ1n) is 4.96. The molecule has 0 aliphatic heterocycles. The molecule has 0 heterocycles. The number of ketones is 1. The number of nitrogens with one attached hydrogen (secondary N) is 1. The quantitative estimate of drug-likeness (QED) is 0.789. The zero-order valence-electron chi connectivity index (χ0n) is 9.98. The molecule has 0 spiro atoms. The molecule has 0 saturated heterocycles. The van der Waals surface area contributed by atoms with E-state index in [0.29, 0.717) is 11.3 Å². The largest absolute Gasteiger partial charge is 0.496 e. The van der Waals surface area contributed by atoms with E-state index in [0.717, 1.165) is 11.8 Å². The van der Waals surface area contributed by atoms with Crippen LogP contribution in [-0.2, 0) is 10.0 Å². The highest BCUT2D eigenvalue weighted by Crippen LogP contribution is 2.18. The summed E-state index contributed by atoms with van der Waals surface area (Å²) in [7, 11) is -1.80. The second-order valence-electron chi connectivity index (χ2n) is 3.70. The Kier molecular flexibility index (Phi) is 4.25. The van der Waals surface area contributed by atoms with Crippen molar-refractivity contribution in [3.63, 3.8) is 0 Å². The second kappa shape index (κ2) is 5.29. The van der Waals surface area contributed by atoms with Gasteiger partial charge in [0.05, 0.1) is 19.9 Å². The Labute approximate surface area is 101 Å². The van der Waals surface area contributed by atoms with E-state index >= 15 is 0 Å². The third kappa shape index (κ3) is 4.16.